The van der Waals surface area contributed by atoms with E-state index in [1.165, 1.54) is 43.4 Å². The van der Waals surface area contributed by atoms with Gasteiger partial charge in [0.15, 0.2) is 0 Å². The predicted molar refractivity (Wildman–Crippen MR) is 87.9 cm³/mol. The Morgan fingerprint density at radius 3 is 2.91 bits per heavy atom. The molecule has 1 aliphatic heterocycles. The fraction of sp³-hybridized carbons (Fsp3) is 0.824. The van der Waals surface area contributed by atoms with Crippen LogP contribution in [0, 0.1) is 5.41 Å². The summed E-state index contributed by atoms with van der Waals surface area (Å²) in [5.74, 6) is 0.630. The highest BCUT2D eigenvalue weighted by atomic mass is 16.5. The maximum atomic E-state index is 5.64. The van der Waals surface area contributed by atoms with E-state index in [9.17, 15) is 0 Å². The number of hydrogen-bond acceptors (Lipinski definition) is 4. The summed E-state index contributed by atoms with van der Waals surface area (Å²) in [5.41, 5.74) is 3.18. The van der Waals surface area contributed by atoms with Crippen molar-refractivity contribution in [1.82, 2.24) is 20.4 Å². The van der Waals surface area contributed by atoms with Gasteiger partial charge in [0.25, 0.3) is 0 Å². The van der Waals surface area contributed by atoms with Crippen LogP contribution >= 0.6 is 0 Å². The number of ether oxygens (including phenoxy) is 1. The van der Waals surface area contributed by atoms with E-state index < -0.39 is 0 Å². The summed E-state index contributed by atoms with van der Waals surface area (Å²) in [4.78, 5) is 2.36. The number of hydrogen-bond donors (Lipinski definition) is 2. The first-order valence-electron chi connectivity index (χ1n) is 8.66. The van der Waals surface area contributed by atoms with Crippen LogP contribution in [0.5, 0.6) is 0 Å². The number of nitrogens with one attached hydrogen (secondary N) is 2. The quantitative estimate of drug-likeness (QED) is 0.845. The Labute approximate surface area is 133 Å². The third-order valence-corrected chi connectivity index (χ3v) is 5.55. The maximum absolute atomic E-state index is 5.64. The van der Waals surface area contributed by atoms with Crippen LogP contribution in [0.25, 0.3) is 0 Å². The topological polar surface area (TPSA) is 53.2 Å². The largest absolute Gasteiger partial charge is 0.381 e. The molecule has 1 aromatic heterocycles. The highest BCUT2D eigenvalue weighted by molar-refractivity contribution is 5.21. The van der Waals surface area contributed by atoms with Gasteiger partial charge < -0.3 is 15.0 Å². The highest BCUT2D eigenvalue weighted by Crippen LogP contribution is 2.47. The summed E-state index contributed by atoms with van der Waals surface area (Å²) in [6, 6.07) is 0. The van der Waals surface area contributed by atoms with Gasteiger partial charge in [0.1, 0.15) is 0 Å². The van der Waals surface area contributed by atoms with E-state index in [1.807, 2.05) is 7.05 Å². The molecule has 1 aliphatic carbocycles. The standard InChI is InChI=1S/C17H30N4O/c1-18-8-9-21(2)12-15-11-19-20-16(15)14-3-5-17(6-4-14)7-10-22-13-17/h11,14,18H,3-10,12-13H2,1-2H3,(H,19,20). The van der Waals surface area contributed by atoms with Crippen molar-refractivity contribution < 1.29 is 4.74 Å². The Bertz CT molecular complexity index is 457. The van der Waals surface area contributed by atoms with Crippen LogP contribution in [0.3, 0.4) is 0 Å². The van der Waals surface area contributed by atoms with E-state index in [4.69, 9.17) is 4.74 Å². The van der Waals surface area contributed by atoms with Crippen molar-refractivity contribution in [2.24, 2.45) is 5.41 Å². The lowest BCUT2D eigenvalue weighted by Crippen LogP contribution is -2.29. The fourth-order valence-electron chi connectivity index (χ4n) is 4.03. The van der Waals surface area contributed by atoms with Crippen molar-refractivity contribution in [2.75, 3.05) is 40.4 Å². The summed E-state index contributed by atoms with van der Waals surface area (Å²) < 4.78 is 5.64. The molecule has 124 valence electrons. The lowest BCUT2D eigenvalue weighted by atomic mass is 9.69. The van der Waals surface area contributed by atoms with Gasteiger partial charge in [-0.05, 0) is 51.6 Å². The molecular formula is C17H30N4O. The molecule has 2 fully saturated rings. The second-order valence-corrected chi connectivity index (χ2v) is 7.21. The SMILES string of the molecule is CNCCN(C)Cc1c[nH]nc1C1CCC2(CCOC2)CC1. The molecular weight excluding hydrogens is 276 g/mol. The van der Waals surface area contributed by atoms with Crippen LogP contribution in [0.15, 0.2) is 6.20 Å². The molecule has 0 radical (unpaired) electrons. The van der Waals surface area contributed by atoms with Gasteiger partial charge in [0.2, 0.25) is 0 Å². The zero-order chi connectivity index (χ0) is 15.4. The number of aromatic amines is 1. The molecule has 22 heavy (non-hydrogen) atoms. The first kappa shape index (κ1) is 16.0. The Morgan fingerprint density at radius 2 is 2.23 bits per heavy atom. The average molecular weight is 306 g/mol. The Hall–Kier alpha value is -0.910. The third kappa shape index (κ3) is 3.53. The summed E-state index contributed by atoms with van der Waals surface area (Å²) in [6.07, 6.45) is 8.50. The number of aromatic nitrogens is 2. The zero-order valence-electron chi connectivity index (χ0n) is 14.0. The molecule has 2 N–H and O–H groups in total. The first-order valence-corrected chi connectivity index (χ1v) is 8.66. The molecule has 1 aromatic rings. The van der Waals surface area contributed by atoms with Crippen LogP contribution in [-0.2, 0) is 11.3 Å². The van der Waals surface area contributed by atoms with Crippen LogP contribution < -0.4 is 5.32 Å². The molecule has 0 aromatic carbocycles. The number of H-pyrrole nitrogens is 1. The van der Waals surface area contributed by atoms with Crippen molar-refractivity contribution >= 4 is 0 Å². The highest BCUT2D eigenvalue weighted by Gasteiger charge is 2.39. The van der Waals surface area contributed by atoms with Crippen molar-refractivity contribution in [3.63, 3.8) is 0 Å². The van der Waals surface area contributed by atoms with Crippen LogP contribution in [0.1, 0.15) is 49.3 Å². The smallest absolute Gasteiger partial charge is 0.0697 e. The van der Waals surface area contributed by atoms with Crippen molar-refractivity contribution in [1.29, 1.82) is 0 Å². The van der Waals surface area contributed by atoms with Gasteiger partial charge in [-0.15, -0.1) is 0 Å². The van der Waals surface area contributed by atoms with Crippen LogP contribution in [0.2, 0.25) is 0 Å². The molecule has 0 amide bonds. The second-order valence-electron chi connectivity index (χ2n) is 7.21. The minimum atomic E-state index is 0.497. The van der Waals surface area contributed by atoms with E-state index in [0.717, 1.165) is 32.8 Å². The second kappa shape index (κ2) is 7.11. The molecule has 0 unspecified atom stereocenters. The van der Waals surface area contributed by atoms with Crippen LogP contribution in [0.4, 0.5) is 0 Å². The molecule has 3 rings (SSSR count). The molecule has 1 spiro atoms. The lowest BCUT2D eigenvalue weighted by Gasteiger charge is -2.35. The number of nitrogens with zero attached hydrogens (tertiary/aromatic N) is 2. The summed E-state index contributed by atoms with van der Waals surface area (Å²) >= 11 is 0. The van der Waals surface area contributed by atoms with Gasteiger partial charge in [-0.3, -0.25) is 5.10 Å². The van der Waals surface area contributed by atoms with E-state index in [-0.39, 0.29) is 0 Å². The van der Waals surface area contributed by atoms with E-state index >= 15 is 0 Å². The van der Waals surface area contributed by atoms with E-state index in [1.54, 1.807) is 0 Å². The summed E-state index contributed by atoms with van der Waals surface area (Å²) in [7, 11) is 4.18. The molecule has 1 saturated heterocycles. The molecule has 2 heterocycles. The number of likely N-dealkylation sites (N-methyl/N-ethyl adjacent to an activating group) is 2. The van der Waals surface area contributed by atoms with E-state index in [2.05, 4.69) is 33.7 Å². The predicted octanol–water partition coefficient (Wildman–Crippen LogP) is 2.13. The third-order valence-electron chi connectivity index (χ3n) is 5.55. The van der Waals surface area contributed by atoms with Gasteiger partial charge in [-0.1, -0.05) is 0 Å². The summed E-state index contributed by atoms with van der Waals surface area (Å²) in [6.45, 7) is 5.02. The van der Waals surface area contributed by atoms with Gasteiger partial charge >= 0.3 is 0 Å². The molecule has 2 aliphatic rings. The molecule has 5 heteroatoms. The molecule has 5 nitrogen and oxygen atoms in total. The van der Waals surface area contributed by atoms with Crippen molar-refractivity contribution in [3.8, 4) is 0 Å². The van der Waals surface area contributed by atoms with Gasteiger partial charge in [0, 0.05) is 43.9 Å². The van der Waals surface area contributed by atoms with E-state index in [0.29, 0.717) is 11.3 Å². The first-order chi connectivity index (χ1) is 10.7. The van der Waals surface area contributed by atoms with Crippen LogP contribution in [-0.4, -0.2) is 55.5 Å². The minimum absolute atomic E-state index is 0.497. The Balaban J connectivity index is 1.58. The molecule has 1 saturated carbocycles. The monoisotopic (exact) mass is 306 g/mol. The molecule has 0 atom stereocenters. The van der Waals surface area contributed by atoms with Gasteiger partial charge in [0.05, 0.1) is 12.3 Å². The fourth-order valence-corrected chi connectivity index (χ4v) is 4.03. The average Bonchev–Trinajstić information content (AvgIpc) is 3.16. The lowest BCUT2D eigenvalue weighted by molar-refractivity contribution is 0.116. The van der Waals surface area contributed by atoms with Gasteiger partial charge in [-0.25, -0.2) is 0 Å². The van der Waals surface area contributed by atoms with Crippen molar-refractivity contribution in [2.45, 2.75) is 44.6 Å². The Morgan fingerprint density at radius 1 is 1.41 bits per heavy atom. The normalized spacial score (nSPS) is 28.8. The number of rotatable bonds is 6. The Kier molecular flexibility index (Phi) is 5.16. The maximum Gasteiger partial charge on any atom is 0.0697 e. The van der Waals surface area contributed by atoms with Crippen molar-refractivity contribution in [3.05, 3.63) is 17.5 Å². The minimum Gasteiger partial charge on any atom is -0.381 e. The zero-order valence-corrected chi connectivity index (χ0v) is 14.0. The molecule has 0 bridgehead atoms. The summed E-state index contributed by atoms with van der Waals surface area (Å²) in [5, 5.41) is 10.9. The van der Waals surface area contributed by atoms with Gasteiger partial charge in [-0.2, -0.15) is 5.10 Å².